The van der Waals surface area contributed by atoms with Gasteiger partial charge in [-0.15, -0.1) is 0 Å². The van der Waals surface area contributed by atoms with Gasteiger partial charge >= 0.3 is 0 Å². The molecule has 3 heteroatoms. The maximum atomic E-state index is 12.4. The van der Waals surface area contributed by atoms with Crippen molar-refractivity contribution in [2.24, 2.45) is 34.5 Å². The first kappa shape index (κ1) is 15.1. The molecule has 0 unspecified atom stereocenters. The molecule has 0 heterocycles. The van der Waals surface area contributed by atoms with Crippen LogP contribution in [0.4, 0.5) is 0 Å². The molecule has 0 aromatic rings. The summed E-state index contributed by atoms with van der Waals surface area (Å²) in [4.78, 5) is 12.4. The maximum Gasteiger partial charge on any atom is 0.136 e. The molecule has 4 rings (SSSR count). The molecule has 0 aromatic carbocycles. The monoisotopic (exact) mass is 306 g/mol. The Kier molecular flexibility index (Phi) is 3.30. The highest BCUT2D eigenvalue weighted by Gasteiger charge is 2.63. The van der Waals surface area contributed by atoms with Gasteiger partial charge < -0.3 is 10.2 Å². The molecule has 0 bridgehead atoms. The largest absolute Gasteiger partial charge is 0.393 e. The van der Waals surface area contributed by atoms with Gasteiger partial charge in [-0.25, -0.2) is 0 Å². The van der Waals surface area contributed by atoms with Crippen LogP contribution >= 0.6 is 0 Å². The van der Waals surface area contributed by atoms with Crippen molar-refractivity contribution in [1.29, 1.82) is 0 Å². The second-order valence-electron chi connectivity index (χ2n) is 9.12. The SMILES string of the molecule is C[C@]12CC[C@H](O)[C@@H]1[C@@H]1CC[C@H]3C(=O)CCC[C@]3(C)[C@H]1C[C@H]2O. The lowest BCUT2D eigenvalue weighted by Gasteiger charge is -2.60. The van der Waals surface area contributed by atoms with Gasteiger partial charge in [-0.2, -0.15) is 0 Å². The minimum absolute atomic E-state index is 0.0584. The molecule has 4 saturated carbocycles. The molecule has 0 aliphatic heterocycles. The first-order valence-electron chi connectivity index (χ1n) is 9.27. The van der Waals surface area contributed by atoms with Gasteiger partial charge in [-0.05, 0) is 73.5 Å². The van der Waals surface area contributed by atoms with E-state index in [-0.39, 0.29) is 34.9 Å². The van der Waals surface area contributed by atoms with Crippen molar-refractivity contribution < 1.29 is 15.0 Å². The normalized spacial score (nSPS) is 57.9. The molecular weight excluding hydrogens is 276 g/mol. The van der Waals surface area contributed by atoms with Crippen LogP contribution in [0.25, 0.3) is 0 Å². The summed E-state index contributed by atoms with van der Waals surface area (Å²) in [7, 11) is 0. The second-order valence-corrected chi connectivity index (χ2v) is 9.12. The van der Waals surface area contributed by atoms with Crippen LogP contribution in [0.5, 0.6) is 0 Å². The number of Topliss-reactive ketones (excluding diaryl/α,β-unsaturated/α-hetero) is 1. The zero-order valence-electron chi connectivity index (χ0n) is 13.9. The van der Waals surface area contributed by atoms with Crippen LogP contribution in [-0.4, -0.2) is 28.2 Å². The second kappa shape index (κ2) is 4.80. The Hall–Kier alpha value is -0.410. The van der Waals surface area contributed by atoms with E-state index in [0.29, 0.717) is 17.6 Å². The van der Waals surface area contributed by atoms with Crippen molar-refractivity contribution in [3.05, 3.63) is 0 Å². The molecule has 4 fully saturated rings. The number of hydrogen-bond donors (Lipinski definition) is 2. The Labute approximate surface area is 133 Å². The lowest BCUT2D eigenvalue weighted by atomic mass is 9.44. The van der Waals surface area contributed by atoms with Crippen LogP contribution in [0, 0.1) is 34.5 Å². The van der Waals surface area contributed by atoms with Gasteiger partial charge in [-0.3, -0.25) is 4.79 Å². The van der Waals surface area contributed by atoms with Crippen molar-refractivity contribution in [2.45, 2.75) is 77.4 Å². The summed E-state index contributed by atoms with van der Waals surface area (Å²) in [6.07, 6.45) is 7.01. The average molecular weight is 306 g/mol. The zero-order valence-corrected chi connectivity index (χ0v) is 13.9. The number of ketones is 1. The van der Waals surface area contributed by atoms with Crippen LogP contribution in [0.2, 0.25) is 0 Å². The molecule has 8 atom stereocenters. The fourth-order valence-electron chi connectivity index (χ4n) is 7.13. The van der Waals surface area contributed by atoms with Gasteiger partial charge in [0.1, 0.15) is 5.78 Å². The zero-order chi connectivity index (χ0) is 15.7. The summed E-state index contributed by atoms with van der Waals surface area (Å²) < 4.78 is 0. The van der Waals surface area contributed by atoms with Crippen LogP contribution in [0.1, 0.15) is 65.2 Å². The van der Waals surface area contributed by atoms with Crippen molar-refractivity contribution in [3.8, 4) is 0 Å². The van der Waals surface area contributed by atoms with Gasteiger partial charge in [0.05, 0.1) is 12.2 Å². The van der Waals surface area contributed by atoms with Gasteiger partial charge in [0.25, 0.3) is 0 Å². The summed E-state index contributed by atoms with van der Waals surface area (Å²) in [6.45, 7) is 4.50. The summed E-state index contributed by atoms with van der Waals surface area (Å²) in [5.41, 5.74) is -0.0503. The highest BCUT2D eigenvalue weighted by Crippen LogP contribution is 2.65. The third-order valence-corrected chi connectivity index (χ3v) is 8.33. The van der Waals surface area contributed by atoms with Crippen molar-refractivity contribution in [2.75, 3.05) is 0 Å². The van der Waals surface area contributed by atoms with Crippen molar-refractivity contribution in [1.82, 2.24) is 0 Å². The van der Waals surface area contributed by atoms with E-state index in [4.69, 9.17) is 0 Å². The molecule has 124 valence electrons. The number of carbonyl (C=O) groups excluding carboxylic acids is 1. The maximum absolute atomic E-state index is 12.4. The minimum atomic E-state index is -0.316. The van der Waals surface area contributed by atoms with E-state index in [0.717, 1.165) is 51.4 Å². The fraction of sp³-hybridized carbons (Fsp3) is 0.947. The molecule has 0 saturated heterocycles. The topological polar surface area (TPSA) is 57.5 Å². The molecule has 0 amide bonds. The molecule has 0 spiro atoms. The lowest BCUT2D eigenvalue weighted by Crippen LogP contribution is -2.59. The van der Waals surface area contributed by atoms with Gasteiger partial charge in [0, 0.05) is 12.3 Å². The van der Waals surface area contributed by atoms with E-state index in [1.807, 2.05) is 0 Å². The highest BCUT2D eigenvalue weighted by molar-refractivity contribution is 5.82. The molecule has 4 aliphatic rings. The van der Waals surface area contributed by atoms with E-state index in [1.165, 1.54) is 0 Å². The molecule has 0 radical (unpaired) electrons. The van der Waals surface area contributed by atoms with Gasteiger partial charge in [0.15, 0.2) is 0 Å². The van der Waals surface area contributed by atoms with Crippen LogP contribution in [0.3, 0.4) is 0 Å². The standard InChI is InChI=1S/C19H30O3/c1-18-8-3-4-14(20)12(18)6-5-11-13(18)10-16(22)19(2)9-7-15(21)17(11)19/h11-13,15-17,21-22H,3-10H2,1-2H3/t11-,12+,13+,15+,16-,17+,18+,19-/m1/s1. The first-order chi connectivity index (χ1) is 10.4. The Morgan fingerprint density at radius 3 is 2.59 bits per heavy atom. The Bertz CT molecular complexity index is 489. The molecule has 22 heavy (non-hydrogen) atoms. The van der Waals surface area contributed by atoms with Crippen LogP contribution < -0.4 is 0 Å². The number of hydrogen-bond acceptors (Lipinski definition) is 3. The molecule has 4 aliphatic carbocycles. The summed E-state index contributed by atoms with van der Waals surface area (Å²) in [5, 5.41) is 21.5. The predicted octanol–water partition coefficient (Wildman–Crippen LogP) is 2.93. The molecule has 3 nitrogen and oxygen atoms in total. The Morgan fingerprint density at radius 1 is 1.05 bits per heavy atom. The Balaban J connectivity index is 1.72. The summed E-state index contributed by atoms with van der Waals surface area (Å²) in [5.74, 6) is 1.81. The third kappa shape index (κ3) is 1.78. The number of aliphatic hydroxyl groups is 2. The number of fused-ring (bicyclic) bond motifs is 5. The average Bonchev–Trinajstić information content (AvgIpc) is 2.78. The minimum Gasteiger partial charge on any atom is -0.393 e. The quantitative estimate of drug-likeness (QED) is 0.723. The fourth-order valence-corrected chi connectivity index (χ4v) is 7.13. The van der Waals surface area contributed by atoms with Gasteiger partial charge in [0.2, 0.25) is 0 Å². The predicted molar refractivity (Wildman–Crippen MR) is 84.1 cm³/mol. The van der Waals surface area contributed by atoms with E-state index in [1.54, 1.807) is 0 Å². The van der Waals surface area contributed by atoms with E-state index in [9.17, 15) is 15.0 Å². The summed E-state index contributed by atoms with van der Waals surface area (Å²) >= 11 is 0. The van der Waals surface area contributed by atoms with E-state index in [2.05, 4.69) is 13.8 Å². The van der Waals surface area contributed by atoms with E-state index >= 15 is 0 Å². The first-order valence-corrected chi connectivity index (χ1v) is 9.27. The smallest absolute Gasteiger partial charge is 0.136 e. The number of aliphatic hydroxyl groups excluding tert-OH is 2. The van der Waals surface area contributed by atoms with Crippen molar-refractivity contribution >= 4 is 5.78 Å². The number of rotatable bonds is 0. The molecular formula is C19H30O3. The highest BCUT2D eigenvalue weighted by atomic mass is 16.3. The number of carbonyl (C=O) groups is 1. The lowest BCUT2D eigenvalue weighted by molar-refractivity contribution is -0.173. The van der Waals surface area contributed by atoms with E-state index < -0.39 is 0 Å². The molecule has 2 N–H and O–H groups in total. The molecule has 0 aromatic heterocycles. The Morgan fingerprint density at radius 2 is 1.82 bits per heavy atom. The van der Waals surface area contributed by atoms with Crippen LogP contribution in [-0.2, 0) is 4.79 Å². The third-order valence-electron chi connectivity index (χ3n) is 8.33. The van der Waals surface area contributed by atoms with Gasteiger partial charge in [-0.1, -0.05) is 13.8 Å². The summed E-state index contributed by atoms with van der Waals surface area (Å²) in [6, 6.07) is 0. The van der Waals surface area contributed by atoms with Crippen molar-refractivity contribution in [3.63, 3.8) is 0 Å². The van der Waals surface area contributed by atoms with Crippen LogP contribution in [0.15, 0.2) is 0 Å².